The minimum atomic E-state index is -0.145. The van der Waals surface area contributed by atoms with Crippen LogP contribution in [-0.2, 0) is 4.79 Å². The number of aromatic amines is 1. The number of carbonyl (C=O) groups is 2. The van der Waals surface area contributed by atoms with Crippen LogP contribution in [0.5, 0.6) is 0 Å². The number of carbonyl (C=O) groups excluding carboxylic acids is 2. The van der Waals surface area contributed by atoms with Gasteiger partial charge in [0.05, 0.1) is 5.69 Å². The lowest BCUT2D eigenvalue weighted by atomic mass is 10.0. The molecule has 0 fully saturated rings. The predicted octanol–water partition coefficient (Wildman–Crippen LogP) is 3.41. The molecule has 1 amide bonds. The van der Waals surface area contributed by atoms with Gasteiger partial charge in [0.2, 0.25) is 5.91 Å². The van der Waals surface area contributed by atoms with Gasteiger partial charge in [-0.2, -0.15) is 0 Å². The van der Waals surface area contributed by atoms with E-state index in [2.05, 4.69) is 10.3 Å². The molecule has 23 heavy (non-hydrogen) atoms. The first kappa shape index (κ1) is 14.8. The fraction of sp³-hybridized carbons (Fsp3) is 0.0526. The topological polar surface area (TPSA) is 62.0 Å². The van der Waals surface area contributed by atoms with Gasteiger partial charge in [0.15, 0.2) is 6.29 Å². The number of aldehydes is 1. The van der Waals surface area contributed by atoms with E-state index in [0.29, 0.717) is 5.56 Å². The molecule has 1 aromatic heterocycles. The number of H-pyrrole nitrogens is 1. The van der Waals surface area contributed by atoms with Crippen LogP contribution in [0, 0.1) is 0 Å². The maximum atomic E-state index is 11.5. The molecule has 4 heteroatoms. The van der Waals surface area contributed by atoms with Gasteiger partial charge in [0.1, 0.15) is 0 Å². The third-order valence-electron chi connectivity index (χ3n) is 3.74. The van der Waals surface area contributed by atoms with Crippen LogP contribution in [-0.4, -0.2) is 24.2 Å². The van der Waals surface area contributed by atoms with Crippen molar-refractivity contribution in [1.29, 1.82) is 0 Å². The zero-order valence-electron chi connectivity index (χ0n) is 12.7. The Morgan fingerprint density at radius 2 is 1.83 bits per heavy atom. The number of nitrogens with one attached hydrogen (secondary N) is 2. The second-order valence-corrected chi connectivity index (χ2v) is 5.15. The van der Waals surface area contributed by atoms with Crippen LogP contribution in [0.25, 0.3) is 28.2 Å². The van der Waals surface area contributed by atoms with E-state index in [0.717, 1.165) is 34.0 Å². The number of rotatable bonds is 4. The van der Waals surface area contributed by atoms with Gasteiger partial charge in [0.25, 0.3) is 0 Å². The van der Waals surface area contributed by atoms with Crippen LogP contribution < -0.4 is 5.32 Å². The van der Waals surface area contributed by atoms with Crippen LogP contribution in [0.15, 0.2) is 54.6 Å². The molecule has 0 bridgehead atoms. The summed E-state index contributed by atoms with van der Waals surface area (Å²) >= 11 is 0. The van der Waals surface area contributed by atoms with Gasteiger partial charge in [-0.05, 0) is 23.3 Å². The fourth-order valence-electron chi connectivity index (χ4n) is 2.53. The van der Waals surface area contributed by atoms with E-state index in [1.165, 1.54) is 6.08 Å². The first-order valence-corrected chi connectivity index (χ1v) is 7.29. The summed E-state index contributed by atoms with van der Waals surface area (Å²) in [7, 11) is 1.59. The molecular formula is C19H16N2O2. The van der Waals surface area contributed by atoms with Crippen molar-refractivity contribution in [3.05, 3.63) is 65.7 Å². The Balaban J connectivity index is 1.98. The van der Waals surface area contributed by atoms with Gasteiger partial charge in [0, 0.05) is 29.6 Å². The molecule has 1 heterocycles. The van der Waals surface area contributed by atoms with Crippen molar-refractivity contribution in [3.63, 3.8) is 0 Å². The lowest BCUT2D eigenvalue weighted by molar-refractivity contribution is -0.115. The maximum absolute atomic E-state index is 11.5. The molecule has 2 N–H and O–H groups in total. The van der Waals surface area contributed by atoms with Crippen molar-refractivity contribution >= 4 is 29.2 Å². The molecule has 4 nitrogen and oxygen atoms in total. The second-order valence-electron chi connectivity index (χ2n) is 5.15. The van der Waals surface area contributed by atoms with Crippen molar-refractivity contribution in [1.82, 2.24) is 10.3 Å². The molecular weight excluding hydrogens is 288 g/mol. The average molecular weight is 304 g/mol. The molecule has 2 aromatic carbocycles. The van der Waals surface area contributed by atoms with Gasteiger partial charge < -0.3 is 10.3 Å². The number of hydrogen-bond acceptors (Lipinski definition) is 2. The Morgan fingerprint density at radius 3 is 2.52 bits per heavy atom. The maximum Gasteiger partial charge on any atom is 0.243 e. The summed E-state index contributed by atoms with van der Waals surface area (Å²) in [5.41, 5.74) is 4.26. The van der Waals surface area contributed by atoms with Gasteiger partial charge in [-0.25, -0.2) is 0 Å². The summed E-state index contributed by atoms with van der Waals surface area (Å²) in [6.45, 7) is 0. The summed E-state index contributed by atoms with van der Waals surface area (Å²) in [6.07, 6.45) is 4.11. The number of para-hydroxylation sites is 1. The van der Waals surface area contributed by atoms with Gasteiger partial charge in [-0.3, -0.25) is 9.59 Å². The average Bonchev–Trinajstić information content (AvgIpc) is 2.98. The molecule has 0 saturated heterocycles. The smallest absolute Gasteiger partial charge is 0.243 e. The highest BCUT2D eigenvalue weighted by Gasteiger charge is 2.11. The van der Waals surface area contributed by atoms with Crippen molar-refractivity contribution < 1.29 is 9.59 Å². The van der Waals surface area contributed by atoms with Crippen molar-refractivity contribution in [2.45, 2.75) is 0 Å². The van der Waals surface area contributed by atoms with Crippen molar-refractivity contribution in [3.8, 4) is 11.3 Å². The van der Waals surface area contributed by atoms with E-state index in [-0.39, 0.29) is 5.91 Å². The Kier molecular flexibility index (Phi) is 4.06. The molecule has 0 aliphatic carbocycles. The Labute approximate surface area is 133 Å². The first-order chi connectivity index (χ1) is 11.2. The number of fused-ring (bicyclic) bond motifs is 1. The molecule has 0 radical (unpaired) electrons. The zero-order valence-corrected chi connectivity index (χ0v) is 12.7. The number of amides is 1. The largest absolute Gasteiger partial charge is 0.356 e. The van der Waals surface area contributed by atoms with Crippen molar-refractivity contribution in [2.75, 3.05) is 7.05 Å². The highest BCUT2D eigenvalue weighted by molar-refractivity contribution is 6.04. The third-order valence-corrected chi connectivity index (χ3v) is 3.74. The third kappa shape index (κ3) is 2.92. The van der Waals surface area contributed by atoms with E-state index < -0.39 is 0 Å². The van der Waals surface area contributed by atoms with E-state index in [1.807, 2.05) is 48.5 Å². The van der Waals surface area contributed by atoms with E-state index in [9.17, 15) is 9.59 Å². The number of aromatic nitrogens is 1. The molecule has 0 aliphatic heterocycles. The minimum absolute atomic E-state index is 0.145. The lowest BCUT2D eigenvalue weighted by Crippen LogP contribution is -2.13. The molecule has 0 atom stereocenters. The van der Waals surface area contributed by atoms with Crippen LogP contribution in [0.1, 0.15) is 15.9 Å². The zero-order chi connectivity index (χ0) is 16.2. The molecule has 0 unspecified atom stereocenters. The molecule has 0 aliphatic rings. The van der Waals surface area contributed by atoms with E-state index in [1.54, 1.807) is 13.1 Å². The number of benzene rings is 2. The van der Waals surface area contributed by atoms with E-state index >= 15 is 0 Å². The highest BCUT2D eigenvalue weighted by atomic mass is 16.1. The molecule has 114 valence electrons. The van der Waals surface area contributed by atoms with Gasteiger partial charge in [-0.1, -0.05) is 42.5 Å². The summed E-state index contributed by atoms with van der Waals surface area (Å²) in [5.74, 6) is -0.145. The Bertz CT molecular complexity index is 889. The van der Waals surface area contributed by atoms with Crippen LogP contribution in [0.3, 0.4) is 0 Å². The normalized spacial score (nSPS) is 11.0. The lowest BCUT2D eigenvalue weighted by Gasteiger charge is -2.01. The number of hydrogen-bond donors (Lipinski definition) is 2. The molecule has 3 aromatic rings. The summed E-state index contributed by atoms with van der Waals surface area (Å²) in [6, 6.07) is 15.4. The summed E-state index contributed by atoms with van der Waals surface area (Å²) in [5, 5.41) is 3.45. The first-order valence-electron chi connectivity index (χ1n) is 7.29. The SMILES string of the molecule is CNC(=O)/C=C/c1ccc(-c2[nH]c3ccccc3c2C=O)cc1. The van der Waals surface area contributed by atoms with E-state index in [4.69, 9.17) is 0 Å². The quantitative estimate of drug-likeness (QED) is 0.573. The molecule has 0 spiro atoms. The molecule has 0 saturated carbocycles. The molecule has 3 rings (SSSR count). The fourth-order valence-corrected chi connectivity index (χ4v) is 2.53. The van der Waals surface area contributed by atoms with Crippen molar-refractivity contribution in [2.24, 2.45) is 0 Å². The summed E-state index contributed by atoms with van der Waals surface area (Å²) < 4.78 is 0. The Morgan fingerprint density at radius 1 is 1.09 bits per heavy atom. The van der Waals surface area contributed by atoms with Crippen LogP contribution in [0.4, 0.5) is 0 Å². The number of likely N-dealkylation sites (N-methyl/N-ethyl adjacent to an activating group) is 1. The highest BCUT2D eigenvalue weighted by Crippen LogP contribution is 2.29. The predicted molar refractivity (Wildman–Crippen MR) is 92.2 cm³/mol. The Hall–Kier alpha value is -3.14. The monoisotopic (exact) mass is 304 g/mol. The van der Waals surface area contributed by atoms with Gasteiger partial charge in [-0.15, -0.1) is 0 Å². The summed E-state index contributed by atoms with van der Waals surface area (Å²) in [4.78, 5) is 26.0. The van der Waals surface area contributed by atoms with Crippen LogP contribution >= 0.6 is 0 Å². The standard InChI is InChI=1S/C19H16N2O2/c1-20-18(23)11-8-13-6-9-14(10-7-13)19-16(12-22)15-4-2-3-5-17(15)21-19/h2-12,21H,1H3,(H,20,23)/b11-8+. The minimum Gasteiger partial charge on any atom is -0.356 e. The van der Waals surface area contributed by atoms with Crippen LogP contribution in [0.2, 0.25) is 0 Å². The second kappa shape index (κ2) is 6.32. The van der Waals surface area contributed by atoms with Gasteiger partial charge >= 0.3 is 0 Å².